The van der Waals surface area contributed by atoms with Crippen LogP contribution in [0, 0.1) is 17.6 Å². The molecule has 8 heteroatoms. The van der Waals surface area contributed by atoms with E-state index in [2.05, 4.69) is 12.2 Å². The molecule has 156 valence electrons. The van der Waals surface area contributed by atoms with E-state index in [4.69, 9.17) is 28.9 Å². The Morgan fingerprint density at radius 2 is 1.76 bits per heavy atom. The minimum absolute atomic E-state index is 0.0146. The number of para-hydroxylation sites is 1. The Morgan fingerprint density at radius 1 is 1.21 bits per heavy atom. The van der Waals surface area contributed by atoms with Gasteiger partial charge in [0.25, 0.3) is 0 Å². The molecule has 29 heavy (non-hydrogen) atoms. The molecule has 1 saturated heterocycles. The third kappa shape index (κ3) is 4.93. The van der Waals surface area contributed by atoms with Crippen molar-refractivity contribution in [2.75, 3.05) is 30.7 Å². The highest BCUT2D eigenvalue weighted by molar-refractivity contribution is 6.39. The Morgan fingerprint density at radius 3 is 2.31 bits per heavy atom. The van der Waals surface area contributed by atoms with Gasteiger partial charge in [0.05, 0.1) is 21.7 Å². The van der Waals surface area contributed by atoms with E-state index in [1.807, 2.05) is 0 Å². The predicted octanol–water partition coefficient (Wildman–Crippen LogP) is 5.31. The van der Waals surface area contributed by atoms with Gasteiger partial charge in [0.1, 0.15) is 17.3 Å². The SMILES string of the molecule is CC1CCN(C(=O)C(CNc2c(F)cccc2F)c2cc(Cl)c(N)c(Cl)c2)CC1. The van der Waals surface area contributed by atoms with E-state index < -0.39 is 17.6 Å². The van der Waals surface area contributed by atoms with Gasteiger partial charge >= 0.3 is 0 Å². The van der Waals surface area contributed by atoms with Gasteiger partial charge in [-0.3, -0.25) is 4.79 Å². The van der Waals surface area contributed by atoms with Gasteiger partial charge in [0, 0.05) is 19.6 Å². The Bertz CT molecular complexity index is 858. The number of rotatable bonds is 5. The first kappa shape index (κ1) is 21.7. The Labute approximate surface area is 179 Å². The van der Waals surface area contributed by atoms with Gasteiger partial charge < -0.3 is 16.0 Å². The van der Waals surface area contributed by atoms with Crippen LogP contribution < -0.4 is 11.1 Å². The molecule has 1 amide bonds. The molecule has 2 aromatic carbocycles. The van der Waals surface area contributed by atoms with Crippen LogP contribution in [0.2, 0.25) is 10.0 Å². The first-order valence-electron chi connectivity index (χ1n) is 9.49. The van der Waals surface area contributed by atoms with Crippen LogP contribution >= 0.6 is 23.2 Å². The molecule has 1 unspecified atom stereocenters. The second-order valence-corrected chi connectivity index (χ2v) is 8.25. The lowest BCUT2D eigenvalue weighted by Gasteiger charge is -2.33. The van der Waals surface area contributed by atoms with Crippen molar-refractivity contribution in [3.05, 3.63) is 57.6 Å². The van der Waals surface area contributed by atoms with E-state index in [1.165, 1.54) is 6.07 Å². The first-order chi connectivity index (χ1) is 13.8. The number of nitrogen functional groups attached to an aromatic ring is 1. The highest BCUT2D eigenvalue weighted by Crippen LogP contribution is 2.33. The van der Waals surface area contributed by atoms with Gasteiger partial charge in [-0.25, -0.2) is 8.78 Å². The number of carbonyl (C=O) groups excluding carboxylic acids is 1. The molecule has 3 rings (SSSR count). The molecule has 1 atom stereocenters. The van der Waals surface area contributed by atoms with E-state index in [0.29, 0.717) is 24.6 Å². The topological polar surface area (TPSA) is 58.4 Å². The molecule has 4 nitrogen and oxygen atoms in total. The van der Waals surface area contributed by atoms with Gasteiger partial charge in [-0.05, 0) is 48.6 Å². The summed E-state index contributed by atoms with van der Waals surface area (Å²) in [6.07, 6.45) is 1.83. The van der Waals surface area contributed by atoms with Crippen molar-refractivity contribution in [3.63, 3.8) is 0 Å². The third-order valence-corrected chi connectivity index (χ3v) is 5.97. The lowest BCUT2D eigenvalue weighted by atomic mass is 9.93. The number of carbonyl (C=O) groups is 1. The van der Waals surface area contributed by atoms with Crippen molar-refractivity contribution in [2.45, 2.75) is 25.7 Å². The zero-order valence-electron chi connectivity index (χ0n) is 16.0. The maximum atomic E-state index is 14.0. The number of hydrogen-bond acceptors (Lipinski definition) is 3. The minimum atomic E-state index is -0.726. The number of halogens is 4. The fourth-order valence-corrected chi connectivity index (χ4v) is 3.98. The van der Waals surface area contributed by atoms with Crippen molar-refractivity contribution in [2.24, 2.45) is 5.92 Å². The van der Waals surface area contributed by atoms with E-state index in [-0.39, 0.29) is 33.9 Å². The molecule has 0 bridgehead atoms. The number of hydrogen-bond donors (Lipinski definition) is 2. The summed E-state index contributed by atoms with van der Waals surface area (Å²) in [7, 11) is 0. The van der Waals surface area contributed by atoms with Gasteiger partial charge in [0.2, 0.25) is 5.91 Å². The number of nitrogens with two attached hydrogens (primary N) is 1. The molecule has 0 radical (unpaired) electrons. The van der Waals surface area contributed by atoms with Gasteiger partial charge in [-0.1, -0.05) is 36.2 Å². The monoisotopic (exact) mass is 441 g/mol. The van der Waals surface area contributed by atoms with Gasteiger partial charge in [-0.15, -0.1) is 0 Å². The summed E-state index contributed by atoms with van der Waals surface area (Å²) in [6, 6.07) is 6.76. The highest BCUT2D eigenvalue weighted by Gasteiger charge is 2.29. The van der Waals surface area contributed by atoms with Crippen LogP contribution in [0.3, 0.4) is 0 Å². The standard InChI is InChI=1S/C21H23Cl2F2N3O/c1-12-5-7-28(8-6-12)21(29)14(13-9-15(22)19(26)16(23)10-13)11-27-20-17(24)3-2-4-18(20)25/h2-4,9-10,12,14,27H,5-8,11,26H2,1H3. The van der Waals surface area contributed by atoms with Crippen molar-refractivity contribution < 1.29 is 13.6 Å². The van der Waals surface area contributed by atoms with Crippen LogP contribution in [0.1, 0.15) is 31.2 Å². The van der Waals surface area contributed by atoms with Gasteiger partial charge in [-0.2, -0.15) is 0 Å². The average Bonchev–Trinajstić information content (AvgIpc) is 2.68. The van der Waals surface area contributed by atoms with Crippen LogP contribution in [0.5, 0.6) is 0 Å². The van der Waals surface area contributed by atoms with Crippen LogP contribution in [-0.4, -0.2) is 30.4 Å². The second kappa shape index (κ2) is 9.18. The fraction of sp³-hybridized carbons (Fsp3) is 0.381. The summed E-state index contributed by atoms with van der Waals surface area (Å²) in [5.74, 6) is -1.76. The molecule has 0 aliphatic carbocycles. The van der Waals surface area contributed by atoms with Crippen molar-refractivity contribution in [1.29, 1.82) is 0 Å². The molecule has 1 heterocycles. The fourth-order valence-electron chi connectivity index (χ4n) is 3.47. The molecule has 3 N–H and O–H groups in total. The van der Waals surface area contributed by atoms with E-state index in [9.17, 15) is 13.6 Å². The number of nitrogens with one attached hydrogen (secondary N) is 1. The first-order valence-corrected chi connectivity index (χ1v) is 10.2. The molecular formula is C21H23Cl2F2N3O. The zero-order valence-corrected chi connectivity index (χ0v) is 17.5. The lowest BCUT2D eigenvalue weighted by Crippen LogP contribution is -2.42. The van der Waals surface area contributed by atoms with E-state index >= 15 is 0 Å². The maximum absolute atomic E-state index is 14.0. The van der Waals surface area contributed by atoms with Crippen molar-refractivity contribution in [1.82, 2.24) is 4.90 Å². The predicted molar refractivity (Wildman–Crippen MR) is 113 cm³/mol. The molecular weight excluding hydrogens is 419 g/mol. The molecule has 1 aliphatic heterocycles. The number of benzene rings is 2. The molecule has 2 aromatic rings. The number of nitrogens with zero attached hydrogens (tertiary/aromatic N) is 1. The molecule has 1 fully saturated rings. The van der Waals surface area contributed by atoms with Crippen LogP contribution in [0.15, 0.2) is 30.3 Å². The quantitative estimate of drug-likeness (QED) is 0.618. The Balaban J connectivity index is 1.90. The highest BCUT2D eigenvalue weighted by atomic mass is 35.5. The third-order valence-electron chi connectivity index (χ3n) is 5.34. The molecule has 1 aliphatic rings. The Hall–Kier alpha value is -2.05. The summed E-state index contributed by atoms with van der Waals surface area (Å²) < 4.78 is 28.1. The van der Waals surface area contributed by atoms with Crippen LogP contribution in [0.25, 0.3) is 0 Å². The maximum Gasteiger partial charge on any atom is 0.231 e. The summed E-state index contributed by atoms with van der Waals surface area (Å²) in [5, 5.41) is 3.21. The number of anilines is 2. The van der Waals surface area contributed by atoms with E-state index in [1.54, 1.807) is 17.0 Å². The normalized spacial score (nSPS) is 16.0. The lowest BCUT2D eigenvalue weighted by molar-refractivity contribution is -0.133. The van der Waals surface area contributed by atoms with Gasteiger partial charge in [0.15, 0.2) is 0 Å². The molecule has 0 spiro atoms. The average molecular weight is 442 g/mol. The summed E-state index contributed by atoms with van der Waals surface area (Å²) in [5.41, 5.74) is 6.31. The smallest absolute Gasteiger partial charge is 0.231 e. The summed E-state index contributed by atoms with van der Waals surface area (Å²) >= 11 is 12.3. The van der Waals surface area contributed by atoms with E-state index in [0.717, 1.165) is 25.0 Å². The van der Waals surface area contributed by atoms with Crippen molar-refractivity contribution in [3.8, 4) is 0 Å². The Kier molecular flexibility index (Phi) is 6.85. The largest absolute Gasteiger partial charge is 0.396 e. The second-order valence-electron chi connectivity index (χ2n) is 7.44. The molecule has 0 aromatic heterocycles. The number of piperidine rings is 1. The van der Waals surface area contributed by atoms with Crippen LogP contribution in [-0.2, 0) is 4.79 Å². The zero-order chi connectivity index (χ0) is 21.1. The minimum Gasteiger partial charge on any atom is -0.396 e. The summed E-state index contributed by atoms with van der Waals surface area (Å²) in [6.45, 7) is 3.42. The number of amides is 1. The van der Waals surface area contributed by atoms with Crippen LogP contribution in [0.4, 0.5) is 20.2 Å². The summed E-state index contributed by atoms with van der Waals surface area (Å²) in [4.78, 5) is 15.1. The molecule has 0 saturated carbocycles. The number of likely N-dealkylation sites (tertiary alicyclic amines) is 1. The van der Waals surface area contributed by atoms with Crippen molar-refractivity contribution >= 4 is 40.5 Å².